The van der Waals surface area contributed by atoms with Crippen molar-refractivity contribution in [3.8, 4) is 11.5 Å². The van der Waals surface area contributed by atoms with E-state index in [9.17, 15) is 4.79 Å². The topological polar surface area (TPSA) is 54.0 Å². The van der Waals surface area contributed by atoms with E-state index < -0.39 is 0 Å². The van der Waals surface area contributed by atoms with E-state index in [0.717, 1.165) is 37.3 Å². The van der Waals surface area contributed by atoms with E-state index in [1.54, 1.807) is 7.11 Å². The highest BCUT2D eigenvalue weighted by atomic mass is 16.5. The minimum Gasteiger partial charge on any atom is -0.493 e. The maximum atomic E-state index is 12.6. The molecule has 0 aromatic heterocycles. The summed E-state index contributed by atoms with van der Waals surface area (Å²) in [6.07, 6.45) is 7.97. The van der Waals surface area contributed by atoms with E-state index in [-0.39, 0.29) is 5.91 Å². The molecule has 0 unspecified atom stereocenters. The molecule has 1 N–H and O–H groups in total. The number of nitrogens with one attached hydrogen (secondary N) is 1. The van der Waals surface area contributed by atoms with Gasteiger partial charge in [0.1, 0.15) is 6.61 Å². The first kappa shape index (κ1) is 26.1. The molecule has 5 rings (SSSR count). The van der Waals surface area contributed by atoms with Crippen molar-refractivity contribution in [2.45, 2.75) is 63.6 Å². The zero-order valence-corrected chi connectivity index (χ0v) is 22.3. The number of para-hydroxylation sites is 2. The first-order valence-electron chi connectivity index (χ1n) is 14.3. The van der Waals surface area contributed by atoms with Crippen molar-refractivity contribution < 1.29 is 14.3 Å². The lowest BCUT2D eigenvalue weighted by molar-refractivity contribution is -0.121. The molecule has 3 saturated heterocycles. The molecule has 6 nitrogen and oxygen atoms in total. The summed E-state index contributed by atoms with van der Waals surface area (Å²) in [5, 5.41) is 3.04. The largest absolute Gasteiger partial charge is 0.493 e. The van der Waals surface area contributed by atoms with Gasteiger partial charge >= 0.3 is 0 Å². The summed E-state index contributed by atoms with van der Waals surface area (Å²) in [4.78, 5) is 18.2. The van der Waals surface area contributed by atoms with Gasteiger partial charge in [0.15, 0.2) is 11.5 Å². The molecule has 3 aliphatic heterocycles. The smallest absolute Gasteiger partial charge is 0.220 e. The number of ether oxygens (including phenoxy) is 2. The van der Waals surface area contributed by atoms with Gasteiger partial charge in [0.2, 0.25) is 5.91 Å². The van der Waals surface area contributed by atoms with Crippen LogP contribution in [0, 0.1) is 11.8 Å². The number of carbonyl (C=O) groups excluding carboxylic acids is 1. The molecular weight excluding hydrogens is 462 g/mol. The van der Waals surface area contributed by atoms with Crippen LogP contribution in [0.5, 0.6) is 11.5 Å². The Morgan fingerprint density at radius 1 is 1.00 bits per heavy atom. The van der Waals surface area contributed by atoms with Crippen LogP contribution in [0.3, 0.4) is 0 Å². The van der Waals surface area contributed by atoms with E-state index in [2.05, 4.69) is 45.4 Å². The Morgan fingerprint density at radius 2 is 1.76 bits per heavy atom. The molecule has 37 heavy (non-hydrogen) atoms. The minimum atomic E-state index is 0.120. The summed E-state index contributed by atoms with van der Waals surface area (Å²) < 4.78 is 11.1. The molecule has 0 radical (unpaired) electrons. The van der Waals surface area contributed by atoms with E-state index in [0.29, 0.717) is 37.1 Å². The third kappa shape index (κ3) is 6.47. The van der Waals surface area contributed by atoms with Gasteiger partial charge in [0, 0.05) is 31.6 Å². The summed E-state index contributed by atoms with van der Waals surface area (Å²) in [6.45, 7) is 5.72. The molecule has 2 aromatic rings. The highest BCUT2D eigenvalue weighted by Crippen LogP contribution is 2.43. The van der Waals surface area contributed by atoms with E-state index in [1.165, 1.54) is 50.9 Å². The summed E-state index contributed by atoms with van der Waals surface area (Å²) in [6, 6.07) is 19.8. The van der Waals surface area contributed by atoms with E-state index >= 15 is 0 Å². The molecule has 2 aromatic carbocycles. The second kappa shape index (κ2) is 12.8. The Bertz CT molecular complexity index is 998. The average molecular weight is 506 g/mol. The van der Waals surface area contributed by atoms with Gasteiger partial charge in [-0.15, -0.1) is 0 Å². The molecule has 1 amide bonds. The second-order valence-corrected chi connectivity index (χ2v) is 11.0. The summed E-state index contributed by atoms with van der Waals surface area (Å²) in [7, 11) is 1.64. The number of carbonyl (C=O) groups is 1. The zero-order valence-electron chi connectivity index (χ0n) is 22.3. The van der Waals surface area contributed by atoms with Crippen LogP contribution in [0.15, 0.2) is 54.6 Å². The lowest BCUT2D eigenvalue weighted by Gasteiger charge is -2.57. The number of rotatable bonds is 11. The van der Waals surface area contributed by atoms with Crippen LogP contribution in [0.4, 0.5) is 0 Å². The number of hydrogen-bond donors (Lipinski definition) is 1. The molecule has 3 aliphatic rings. The second-order valence-electron chi connectivity index (χ2n) is 11.0. The fourth-order valence-electron chi connectivity index (χ4n) is 7.13. The Hall–Kier alpha value is -2.57. The van der Waals surface area contributed by atoms with Gasteiger partial charge in [-0.3, -0.25) is 14.6 Å². The Morgan fingerprint density at radius 3 is 2.57 bits per heavy atom. The molecule has 0 spiro atoms. The molecule has 0 aliphatic carbocycles. The standard InChI is InChI=1S/C31H43N3O3/c1-36-28-15-5-6-16-29(28)37-21-18-32-30(35)17-7-14-27-26-13-9-20-33-19-8-12-25(31(26)33)23-34(27)22-24-10-3-2-4-11-24/h2-6,10-11,15-16,25-27,31H,7-9,12-14,17-23H2,1H3,(H,32,35)/t25-,26+,27+,31-/m0/s1. The van der Waals surface area contributed by atoms with Crippen LogP contribution in [0.2, 0.25) is 0 Å². The minimum absolute atomic E-state index is 0.120. The van der Waals surface area contributed by atoms with Gasteiger partial charge in [-0.05, 0) is 81.1 Å². The fourth-order valence-corrected chi connectivity index (χ4v) is 7.13. The van der Waals surface area contributed by atoms with Gasteiger partial charge < -0.3 is 14.8 Å². The van der Waals surface area contributed by atoms with Crippen LogP contribution >= 0.6 is 0 Å². The molecule has 3 heterocycles. The third-order valence-electron chi connectivity index (χ3n) is 8.66. The van der Waals surface area contributed by atoms with Crippen molar-refractivity contribution in [1.82, 2.24) is 15.1 Å². The van der Waals surface area contributed by atoms with Gasteiger partial charge in [-0.25, -0.2) is 0 Å². The van der Waals surface area contributed by atoms with Crippen LogP contribution in [-0.2, 0) is 11.3 Å². The van der Waals surface area contributed by atoms with Gasteiger partial charge in [-0.1, -0.05) is 42.5 Å². The van der Waals surface area contributed by atoms with Gasteiger partial charge in [0.25, 0.3) is 0 Å². The van der Waals surface area contributed by atoms with Crippen LogP contribution < -0.4 is 14.8 Å². The number of hydrogen-bond acceptors (Lipinski definition) is 5. The number of nitrogens with zero attached hydrogens (tertiary/aromatic N) is 2. The maximum Gasteiger partial charge on any atom is 0.220 e. The van der Waals surface area contributed by atoms with Crippen molar-refractivity contribution in [3.63, 3.8) is 0 Å². The Labute approximate surface area is 222 Å². The molecule has 0 saturated carbocycles. The van der Waals surface area contributed by atoms with Crippen LogP contribution in [0.25, 0.3) is 0 Å². The molecule has 3 fully saturated rings. The first-order valence-corrected chi connectivity index (χ1v) is 14.3. The van der Waals surface area contributed by atoms with Crippen molar-refractivity contribution in [1.29, 1.82) is 0 Å². The fraction of sp³-hybridized carbons (Fsp3) is 0.581. The highest BCUT2D eigenvalue weighted by molar-refractivity contribution is 5.75. The lowest BCUT2D eigenvalue weighted by Crippen LogP contribution is -2.64. The number of benzene rings is 2. The maximum absolute atomic E-state index is 12.6. The van der Waals surface area contributed by atoms with Gasteiger partial charge in [-0.2, -0.15) is 0 Å². The number of amides is 1. The molecule has 4 atom stereocenters. The summed E-state index contributed by atoms with van der Waals surface area (Å²) in [5.74, 6) is 3.06. The first-order chi connectivity index (χ1) is 18.2. The molecule has 0 bridgehead atoms. The third-order valence-corrected chi connectivity index (χ3v) is 8.66. The summed E-state index contributed by atoms with van der Waals surface area (Å²) >= 11 is 0. The van der Waals surface area contributed by atoms with Crippen molar-refractivity contribution >= 4 is 5.91 Å². The Balaban J connectivity index is 1.14. The predicted octanol–water partition coefficient (Wildman–Crippen LogP) is 4.74. The van der Waals surface area contributed by atoms with E-state index in [4.69, 9.17) is 9.47 Å². The van der Waals surface area contributed by atoms with E-state index in [1.807, 2.05) is 24.3 Å². The van der Waals surface area contributed by atoms with Crippen molar-refractivity contribution in [2.24, 2.45) is 11.8 Å². The quantitative estimate of drug-likeness (QED) is 0.447. The monoisotopic (exact) mass is 505 g/mol. The zero-order chi connectivity index (χ0) is 25.5. The molecular formula is C31H43N3O3. The lowest BCUT2D eigenvalue weighted by atomic mass is 9.69. The molecule has 6 heteroatoms. The SMILES string of the molecule is COc1ccccc1OCCNC(=O)CCC[C@@H]1[C@H]2CCCN3CCC[C@@H](CN1Cc1ccccc1)[C@@H]23. The van der Waals surface area contributed by atoms with Crippen LogP contribution in [-0.4, -0.2) is 67.7 Å². The van der Waals surface area contributed by atoms with Crippen LogP contribution in [0.1, 0.15) is 50.5 Å². The highest BCUT2D eigenvalue weighted by Gasteiger charge is 2.48. The average Bonchev–Trinajstić information content (AvgIpc) is 2.93. The predicted molar refractivity (Wildman–Crippen MR) is 147 cm³/mol. The summed E-state index contributed by atoms with van der Waals surface area (Å²) in [5.41, 5.74) is 1.40. The van der Waals surface area contributed by atoms with Crippen molar-refractivity contribution in [3.05, 3.63) is 60.2 Å². The number of methoxy groups -OCH3 is 1. The number of piperidine rings is 3. The van der Waals surface area contributed by atoms with Crippen molar-refractivity contribution in [2.75, 3.05) is 39.9 Å². The van der Waals surface area contributed by atoms with Gasteiger partial charge in [0.05, 0.1) is 13.7 Å². The number of likely N-dealkylation sites (tertiary alicyclic amines) is 1. The normalized spacial score (nSPS) is 25.8. The molecule has 200 valence electrons. The Kier molecular flexibility index (Phi) is 9.01.